The van der Waals surface area contributed by atoms with Crippen molar-refractivity contribution in [3.63, 3.8) is 0 Å². The van der Waals surface area contributed by atoms with Crippen molar-refractivity contribution in [1.29, 1.82) is 0 Å². The molecular weight excluding hydrogens is 246 g/mol. The van der Waals surface area contributed by atoms with E-state index in [1.54, 1.807) is 0 Å². The van der Waals surface area contributed by atoms with Gasteiger partial charge in [0.1, 0.15) is 0 Å². The fourth-order valence-electron chi connectivity index (χ4n) is 0.354. The first-order valence-corrected chi connectivity index (χ1v) is 2.41. The molecular formula is C5H12Re. The van der Waals surface area contributed by atoms with Gasteiger partial charge in [0.15, 0.2) is 0 Å². The Labute approximate surface area is 54.0 Å². The van der Waals surface area contributed by atoms with E-state index in [2.05, 4.69) is 13.8 Å². The molecule has 0 aromatic carbocycles. The van der Waals surface area contributed by atoms with Crippen LogP contribution in [-0.2, 0) is 20.4 Å². The molecule has 0 fully saturated rings. The smallest absolute Gasteiger partial charge is 0 e. The van der Waals surface area contributed by atoms with E-state index in [-0.39, 0.29) is 20.4 Å². The van der Waals surface area contributed by atoms with E-state index in [0.717, 1.165) is 0 Å². The van der Waals surface area contributed by atoms with Gasteiger partial charge < -0.3 is 0 Å². The van der Waals surface area contributed by atoms with Gasteiger partial charge in [0, 0.05) is 20.4 Å². The van der Waals surface area contributed by atoms with E-state index in [1.165, 1.54) is 19.3 Å². The molecule has 0 nitrogen and oxygen atoms in total. The van der Waals surface area contributed by atoms with Gasteiger partial charge in [0.05, 0.1) is 0 Å². The van der Waals surface area contributed by atoms with Crippen LogP contribution in [0, 0.1) is 0 Å². The van der Waals surface area contributed by atoms with Crippen LogP contribution in [0.3, 0.4) is 0 Å². The molecule has 0 rings (SSSR count). The van der Waals surface area contributed by atoms with Crippen LogP contribution in [0.1, 0.15) is 33.1 Å². The second-order valence-electron chi connectivity index (χ2n) is 1.35. The van der Waals surface area contributed by atoms with Gasteiger partial charge in [-0.25, -0.2) is 0 Å². The average molecular weight is 258 g/mol. The predicted octanol–water partition coefficient (Wildman–Crippen LogP) is 2.19. The Bertz CT molecular complexity index is 11.4. The van der Waals surface area contributed by atoms with Crippen molar-refractivity contribution in [3.05, 3.63) is 0 Å². The van der Waals surface area contributed by atoms with Crippen LogP contribution in [-0.4, -0.2) is 0 Å². The molecule has 0 saturated heterocycles. The average Bonchev–Trinajstić information content (AvgIpc) is 1.41. The minimum absolute atomic E-state index is 0. The van der Waals surface area contributed by atoms with E-state index in [4.69, 9.17) is 0 Å². The zero-order valence-corrected chi connectivity index (χ0v) is 7.22. The summed E-state index contributed by atoms with van der Waals surface area (Å²) in [6.07, 6.45) is 4.08. The van der Waals surface area contributed by atoms with Gasteiger partial charge in [-0.1, -0.05) is 33.1 Å². The summed E-state index contributed by atoms with van der Waals surface area (Å²) in [5, 5.41) is 0. The molecule has 1 radical (unpaired) electrons. The third kappa shape index (κ3) is 8.82. The van der Waals surface area contributed by atoms with E-state index in [0.29, 0.717) is 0 Å². The molecule has 0 spiro atoms. The van der Waals surface area contributed by atoms with Gasteiger partial charge in [-0.05, 0) is 0 Å². The molecule has 0 heterocycles. The van der Waals surface area contributed by atoms with Gasteiger partial charge in [-0.3, -0.25) is 0 Å². The topological polar surface area (TPSA) is 0 Å². The normalized spacial score (nSPS) is 7.00. The molecule has 0 atom stereocenters. The largest absolute Gasteiger partial charge is 0.0654 e. The molecule has 6 heavy (non-hydrogen) atoms. The number of hydrogen-bond donors (Lipinski definition) is 0. The molecule has 0 aromatic heterocycles. The summed E-state index contributed by atoms with van der Waals surface area (Å²) in [7, 11) is 0. The van der Waals surface area contributed by atoms with Crippen LogP contribution in [0.4, 0.5) is 0 Å². The predicted molar refractivity (Wildman–Crippen MR) is 25.2 cm³/mol. The number of hydrogen-bond acceptors (Lipinski definition) is 0. The Kier molecular flexibility index (Phi) is 15.0. The van der Waals surface area contributed by atoms with Crippen LogP contribution in [0.25, 0.3) is 0 Å². The van der Waals surface area contributed by atoms with Crippen molar-refractivity contribution in [3.8, 4) is 0 Å². The van der Waals surface area contributed by atoms with E-state index in [9.17, 15) is 0 Å². The van der Waals surface area contributed by atoms with Crippen molar-refractivity contribution in [2.45, 2.75) is 33.1 Å². The van der Waals surface area contributed by atoms with Crippen LogP contribution in [0.15, 0.2) is 0 Å². The SMILES string of the molecule is CCCCC.[Re]. The summed E-state index contributed by atoms with van der Waals surface area (Å²) in [6.45, 7) is 4.42. The van der Waals surface area contributed by atoms with E-state index in [1.807, 2.05) is 0 Å². The molecule has 0 aliphatic carbocycles. The fourth-order valence-corrected chi connectivity index (χ4v) is 0.354. The maximum Gasteiger partial charge on any atom is 0 e. The number of rotatable bonds is 2. The summed E-state index contributed by atoms with van der Waals surface area (Å²) in [4.78, 5) is 0. The van der Waals surface area contributed by atoms with Crippen molar-refractivity contribution >= 4 is 0 Å². The molecule has 0 bridgehead atoms. The van der Waals surface area contributed by atoms with Crippen LogP contribution < -0.4 is 0 Å². The van der Waals surface area contributed by atoms with Crippen molar-refractivity contribution in [2.24, 2.45) is 0 Å². The van der Waals surface area contributed by atoms with Gasteiger partial charge >= 0.3 is 0 Å². The molecule has 0 amide bonds. The Morgan fingerprint density at radius 2 is 1.33 bits per heavy atom. The molecule has 0 aliphatic heterocycles. The summed E-state index contributed by atoms with van der Waals surface area (Å²) < 4.78 is 0. The Morgan fingerprint density at radius 1 is 1.00 bits per heavy atom. The minimum Gasteiger partial charge on any atom is -0.0654 e. The maximum absolute atomic E-state index is 2.21. The first-order valence-electron chi connectivity index (χ1n) is 2.41. The summed E-state index contributed by atoms with van der Waals surface area (Å²) in [6, 6.07) is 0. The van der Waals surface area contributed by atoms with Crippen molar-refractivity contribution in [2.75, 3.05) is 0 Å². The van der Waals surface area contributed by atoms with Crippen LogP contribution >= 0.6 is 0 Å². The van der Waals surface area contributed by atoms with E-state index >= 15 is 0 Å². The monoisotopic (exact) mass is 259 g/mol. The first-order chi connectivity index (χ1) is 2.41. The zero-order chi connectivity index (χ0) is 4.12. The third-order valence-corrected chi connectivity index (χ3v) is 0.707. The van der Waals surface area contributed by atoms with Crippen molar-refractivity contribution < 1.29 is 20.4 Å². The molecule has 0 unspecified atom stereocenters. The minimum atomic E-state index is 0. The van der Waals surface area contributed by atoms with Gasteiger partial charge in [-0.15, -0.1) is 0 Å². The van der Waals surface area contributed by atoms with Crippen LogP contribution in [0.2, 0.25) is 0 Å². The summed E-state index contributed by atoms with van der Waals surface area (Å²) in [5.74, 6) is 0. The second kappa shape index (κ2) is 9.18. The molecule has 0 N–H and O–H groups in total. The van der Waals surface area contributed by atoms with Crippen molar-refractivity contribution in [1.82, 2.24) is 0 Å². The molecule has 1 heteroatoms. The molecule has 0 saturated carbocycles. The maximum atomic E-state index is 2.21. The Hall–Kier alpha value is 0.662. The van der Waals surface area contributed by atoms with Gasteiger partial charge in [-0.2, -0.15) is 0 Å². The second-order valence-corrected chi connectivity index (χ2v) is 1.35. The molecule has 0 aromatic rings. The quantitative estimate of drug-likeness (QED) is 0.712. The third-order valence-electron chi connectivity index (χ3n) is 0.707. The zero-order valence-electron chi connectivity index (χ0n) is 4.50. The first kappa shape index (κ1) is 9.83. The van der Waals surface area contributed by atoms with Gasteiger partial charge in [0.25, 0.3) is 0 Å². The number of unbranched alkanes of at least 4 members (excludes halogenated alkanes) is 2. The van der Waals surface area contributed by atoms with E-state index < -0.39 is 0 Å². The standard InChI is InChI=1S/C5H12.Re/c1-3-5-4-2;/h3-5H2,1-2H3;. The molecule has 0 aliphatic rings. The van der Waals surface area contributed by atoms with Crippen LogP contribution in [0.5, 0.6) is 0 Å². The summed E-state index contributed by atoms with van der Waals surface area (Å²) >= 11 is 0. The van der Waals surface area contributed by atoms with Gasteiger partial charge in [0.2, 0.25) is 0 Å². The Balaban J connectivity index is 0. The molecule has 39 valence electrons. The fraction of sp³-hybridized carbons (Fsp3) is 1.00. The Morgan fingerprint density at radius 3 is 1.33 bits per heavy atom. The summed E-state index contributed by atoms with van der Waals surface area (Å²) in [5.41, 5.74) is 0.